The van der Waals surface area contributed by atoms with Gasteiger partial charge in [0.15, 0.2) is 0 Å². The van der Waals surface area contributed by atoms with Gasteiger partial charge in [0.1, 0.15) is 6.10 Å². The molecule has 2 heterocycles. The summed E-state index contributed by atoms with van der Waals surface area (Å²) >= 11 is 1.61. The molecule has 98 valence electrons. The van der Waals surface area contributed by atoms with Gasteiger partial charge >= 0.3 is 0 Å². The van der Waals surface area contributed by atoms with E-state index in [1.54, 1.807) is 22.2 Å². The van der Waals surface area contributed by atoms with E-state index < -0.39 is 6.10 Å². The largest absolute Gasteiger partial charge is 0.386 e. The number of aromatic nitrogens is 3. The van der Waals surface area contributed by atoms with Gasteiger partial charge in [-0.3, -0.25) is 4.68 Å². The van der Waals surface area contributed by atoms with E-state index in [0.29, 0.717) is 6.42 Å². The molecule has 0 radical (unpaired) electrons. The third-order valence-corrected chi connectivity index (χ3v) is 3.76. The van der Waals surface area contributed by atoms with Crippen molar-refractivity contribution < 1.29 is 5.11 Å². The van der Waals surface area contributed by atoms with Gasteiger partial charge in [-0.05, 0) is 6.07 Å². The standard InChI is InChI=1S/C13H19N3OS/c1-13(2,3)11-8-18-12(15-11)7-10(17)9-5-6-14-16(9)4/h5-6,8,10,17H,7H2,1-4H3. The van der Waals surface area contributed by atoms with Crippen LogP contribution in [-0.2, 0) is 18.9 Å². The second kappa shape index (κ2) is 4.82. The molecule has 0 bridgehead atoms. The normalized spacial score (nSPS) is 13.8. The highest BCUT2D eigenvalue weighted by atomic mass is 32.1. The van der Waals surface area contributed by atoms with Gasteiger partial charge in [0.05, 0.1) is 16.4 Å². The average molecular weight is 265 g/mol. The molecule has 0 aliphatic heterocycles. The van der Waals surface area contributed by atoms with Gasteiger partial charge in [0, 0.05) is 30.5 Å². The Morgan fingerprint density at radius 1 is 1.44 bits per heavy atom. The molecule has 2 rings (SSSR count). The first-order chi connectivity index (χ1) is 8.38. The Morgan fingerprint density at radius 2 is 2.17 bits per heavy atom. The maximum Gasteiger partial charge on any atom is 0.102 e. The summed E-state index contributed by atoms with van der Waals surface area (Å²) in [5.74, 6) is 0. The summed E-state index contributed by atoms with van der Waals surface area (Å²) < 4.78 is 1.70. The van der Waals surface area contributed by atoms with Gasteiger partial charge in [-0.15, -0.1) is 11.3 Å². The molecule has 0 aliphatic carbocycles. The van der Waals surface area contributed by atoms with Gasteiger partial charge in [-0.1, -0.05) is 20.8 Å². The first-order valence-electron chi connectivity index (χ1n) is 5.99. The van der Waals surface area contributed by atoms with Crippen molar-refractivity contribution in [1.29, 1.82) is 0 Å². The average Bonchev–Trinajstić information content (AvgIpc) is 2.85. The summed E-state index contributed by atoms with van der Waals surface area (Å²) in [6.07, 6.45) is 1.69. The van der Waals surface area contributed by atoms with E-state index in [0.717, 1.165) is 16.4 Å². The van der Waals surface area contributed by atoms with Crippen LogP contribution in [0.2, 0.25) is 0 Å². The van der Waals surface area contributed by atoms with E-state index in [1.165, 1.54) is 0 Å². The minimum Gasteiger partial charge on any atom is -0.386 e. The number of hydrogen-bond acceptors (Lipinski definition) is 4. The number of hydrogen-bond donors (Lipinski definition) is 1. The first-order valence-corrected chi connectivity index (χ1v) is 6.87. The first kappa shape index (κ1) is 13.2. The molecule has 0 saturated heterocycles. The molecule has 0 fully saturated rings. The van der Waals surface area contributed by atoms with Gasteiger partial charge in [0.2, 0.25) is 0 Å². The molecule has 2 aromatic rings. The van der Waals surface area contributed by atoms with Crippen molar-refractivity contribution in [2.45, 2.75) is 38.7 Å². The highest BCUT2D eigenvalue weighted by Gasteiger charge is 2.19. The number of thiazole rings is 1. The highest BCUT2D eigenvalue weighted by molar-refractivity contribution is 7.09. The molecule has 1 unspecified atom stereocenters. The van der Waals surface area contributed by atoms with E-state index in [4.69, 9.17) is 0 Å². The van der Waals surface area contributed by atoms with Crippen LogP contribution in [0.4, 0.5) is 0 Å². The number of rotatable bonds is 3. The Labute approximate surface area is 111 Å². The van der Waals surface area contributed by atoms with Crippen LogP contribution in [0.1, 0.15) is 43.3 Å². The SMILES string of the molecule is Cn1nccc1C(O)Cc1nc(C(C)(C)C)cs1. The maximum atomic E-state index is 10.2. The zero-order valence-electron chi connectivity index (χ0n) is 11.2. The third kappa shape index (κ3) is 2.79. The van der Waals surface area contributed by atoms with E-state index in [-0.39, 0.29) is 5.41 Å². The van der Waals surface area contributed by atoms with E-state index in [1.807, 2.05) is 13.1 Å². The van der Waals surface area contributed by atoms with Crippen molar-refractivity contribution in [2.75, 3.05) is 0 Å². The van der Waals surface area contributed by atoms with Crippen LogP contribution in [0.25, 0.3) is 0 Å². The second-order valence-electron chi connectivity index (χ2n) is 5.48. The van der Waals surface area contributed by atoms with Crippen molar-refractivity contribution in [2.24, 2.45) is 7.05 Å². The molecular formula is C13H19N3OS. The monoisotopic (exact) mass is 265 g/mol. The minimum atomic E-state index is -0.545. The lowest BCUT2D eigenvalue weighted by molar-refractivity contribution is 0.168. The molecule has 0 aliphatic rings. The van der Waals surface area contributed by atoms with Crippen LogP contribution in [0.15, 0.2) is 17.6 Å². The third-order valence-electron chi connectivity index (χ3n) is 2.89. The lowest BCUT2D eigenvalue weighted by atomic mass is 9.93. The summed E-state index contributed by atoms with van der Waals surface area (Å²) in [4.78, 5) is 4.59. The molecule has 0 aromatic carbocycles. The lowest BCUT2D eigenvalue weighted by Gasteiger charge is -2.14. The number of nitrogens with zero attached hydrogens (tertiary/aromatic N) is 3. The van der Waals surface area contributed by atoms with E-state index in [2.05, 4.69) is 36.2 Å². The predicted molar refractivity (Wildman–Crippen MR) is 72.7 cm³/mol. The van der Waals surface area contributed by atoms with Crippen LogP contribution in [0, 0.1) is 0 Å². The second-order valence-corrected chi connectivity index (χ2v) is 6.42. The zero-order valence-corrected chi connectivity index (χ0v) is 12.0. The van der Waals surface area contributed by atoms with Crippen molar-refractivity contribution in [3.8, 4) is 0 Å². The van der Waals surface area contributed by atoms with Crippen LogP contribution < -0.4 is 0 Å². The topological polar surface area (TPSA) is 50.9 Å². The molecule has 4 nitrogen and oxygen atoms in total. The van der Waals surface area contributed by atoms with Crippen LogP contribution >= 0.6 is 11.3 Å². The Kier molecular flexibility index (Phi) is 3.54. The predicted octanol–water partition coefficient (Wildman–Crippen LogP) is 2.45. The number of aliphatic hydroxyl groups excluding tert-OH is 1. The Morgan fingerprint density at radius 3 is 2.67 bits per heavy atom. The van der Waals surface area contributed by atoms with Crippen molar-refractivity contribution >= 4 is 11.3 Å². The smallest absolute Gasteiger partial charge is 0.102 e. The van der Waals surface area contributed by atoms with Crippen molar-refractivity contribution in [1.82, 2.24) is 14.8 Å². The summed E-state index contributed by atoms with van der Waals surface area (Å²) in [6.45, 7) is 6.43. The van der Waals surface area contributed by atoms with Crippen LogP contribution in [-0.4, -0.2) is 19.9 Å². The fraction of sp³-hybridized carbons (Fsp3) is 0.538. The van der Waals surface area contributed by atoms with E-state index >= 15 is 0 Å². The molecule has 1 N–H and O–H groups in total. The summed E-state index contributed by atoms with van der Waals surface area (Å²) in [7, 11) is 1.83. The number of aryl methyl sites for hydroxylation is 1. The van der Waals surface area contributed by atoms with Gasteiger partial charge in [0.25, 0.3) is 0 Å². The Hall–Kier alpha value is -1.20. The molecule has 5 heteroatoms. The summed E-state index contributed by atoms with van der Waals surface area (Å²) in [5, 5.41) is 17.3. The lowest BCUT2D eigenvalue weighted by Crippen LogP contribution is -2.12. The summed E-state index contributed by atoms with van der Waals surface area (Å²) in [6, 6.07) is 1.84. The van der Waals surface area contributed by atoms with Gasteiger partial charge in [-0.2, -0.15) is 5.10 Å². The Bertz CT molecular complexity index is 524. The molecular weight excluding hydrogens is 246 g/mol. The highest BCUT2D eigenvalue weighted by Crippen LogP contribution is 2.26. The van der Waals surface area contributed by atoms with Crippen LogP contribution in [0.3, 0.4) is 0 Å². The molecule has 0 spiro atoms. The Balaban J connectivity index is 2.11. The minimum absolute atomic E-state index is 0.0617. The van der Waals surface area contributed by atoms with Gasteiger partial charge in [-0.25, -0.2) is 4.98 Å². The number of aliphatic hydroxyl groups is 1. The molecule has 2 aromatic heterocycles. The molecule has 1 atom stereocenters. The van der Waals surface area contributed by atoms with Gasteiger partial charge < -0.3 is 5.11 Å². The van der Waals surface area contributed by atoms with Crippen molar-refractivity contribution in [3.05, 3.63) is 34.0 Å². The maximum absolute atomic E-state index is 10.2. The molecule has 0 saturated carbocycles. The fourth-order valence-electron chi connectivity index (χ4n) is 1.73. The summed E-state index contributed by atoms with van der Waals surface area (Å²) in [5.41, 5.74) is 1.97. The molecule has 18 heavy (non-hydrogen) atoms. The van der Waals surface area contributed by atoms with Crippen molar-refractivity contribution in [3.63, 3.8) is 0 Å². The zero-order chi connectivity index (χ0) is 13.3. The fourth-order valence-corrected chi connectivity index (χ4v) is 2.79. The quantitative estimate of drug-likeness (QED) is 0.927. The molecule has 0 amide bonds. The van der Waals surface area contributed by atoms with Crippen LogP contribution in [0.5, 0.6) is 0 Å². The van der Waals surface area contributed by atoms with E-state index in [9.17, 15) is 5.11 Å².